The molecule has 5 rings (SSSR count). The van der Waals surface area contributed by atoms with Gasteiger partial charge >= 0.3 is 0 Å². The lowest BCUT2D eigenvalue weighted by Crippen LogP contribution is -1.97. The maximum Gasteiger partial charge on any atom is 0.149 e. The second-order valence-corrected chi connectivity index (χ2v) is 8.43. The molecule has 4 nitrogen and oxygen atoms in total. The first-order valence-corrected chi connectivity index (χ1v) is 10.7. The number of hydrogen-bond donors (Lipinski definition) is 1. The summed E-state index contributed by atoms with van der Waals surface area (Å²) in [5.41, 5.74) is 9.41. The number of benzene rings is 3. The van der Waals surface area contributed by atoms with Crippen molar-refractivity contribution < 1.29 is 0 Å². The van der Waals surface area contributed by atoms with Crippen molar-refractivity contribution >= 4 is 33.6 Å². The fourth-order valence-corrected chi connectivity index (χ4v) is 4.23. The highest BCUT2D eigenvalue weighted by atomic mass is 15.0. The van der Waals surface area contributed by atoms with Crippen molar-refractivity contribution in [3.63, 3.8) is 0 Å². The Bertz CT molecular complexity index is 1500. The van der Waals surface area contributed by atoms with Crippen LogP contribution in [0.3, 0.4) is 0 Å². The third-order valence-electron chi connectivity index (χ3n) is 6.03. The van der Waals surface area contributed by atoms with Crippen LogP contribution in [0.5, 0.6) is 0 Å². The molecule has 2 heterocycles. The molecule has 0 aliphatic carbocycles. The van der Waals surface area contributed by atoms with E-state index >= 15 is 0 Å². The van der Waals surface area contributed by atoms with E-state index in [4.69, 9.17) is 4.98 Å². The fraction of sp³-hybridized carbons (Fsp3) is 0.143. The monoisotopic (exact) mass is 416 g/mol. The van der Waals surface area contributed by atoms with Crippen molar-refractivity contribution in [2.75, 3.05) is 0 Å². The number of nitrogens with zero attached hydrogens (tertiary/aromatic N) is 3. The van der Waals surface area contributed by atoms with Gasteiger partial charge in [0, 0.05) is 29.2 Å². The number of rotatable bonds is 4. The second-order valence-electron chi connectivity index (χ2n) is 8.43. The Morgan fingerprint density at radius 2 is 1.84 bits per heavy atom. The minimum Gasteiger partial charge on any atom is -0.342 e. The predicted octanol–water partition coefficient (Wildman–Crippen LogP) is 6.56. The number of nitrogens with one attached hydrogen (secondary N) is 1. The molecule has 0 fully saturated rings. The number of allylic oxidation sites excluding steroid dienone is 1. The first-order chi connectivity index (χ1) is 15.5. The summed E-state index contributed by atoms with van der Waals surface area (Å²) in [5, 5.41) is 11.1. The average Bonchev–Trinajstić information content (AvgIpc) is 3.33. The van der Waals surface area contributed by atoms with E-state index in [2.05, 4.69) is 97.2 Å². The lowest BCUT2D eigenvalue weighted by atomic mass is 10.1. The number of aromatic nitrogens is 3. The fourth-order valence-electron chi connectivity index (χ4n) is 4.23. The van der Waals surface area contributed by atoms with E-state index in [9.17, 15) is 5.26 Å². The van der Waals surface area contributed by atoms with Crippen LogP contribution in [0.15, 0.2) is 66.9 Å². The van der Waals surface area contributed by atoms with Gasteiger partial charge < -0.3 is 9.55 Å². The summed E-state index contributed by atoms with van der Waals surface area (Å²) in [4.78, 5) is 8.02. The molecule has 0 atom stereocenters. The Labute approximate surface area is 187 Å². The average molecular weight is 417 g/mol. The zero-order valence-corrected chi connectivity index (χ0v) is 18.5. The number of aryl methyl sites for hydroxylation is 3. The lowest BCUT2D eigenvalue weighted by molar-refractivity contribution is 0.835. The van der Waals surface area contributed by atoms with Gasteiger partial charge in [-0.1, -0.05) is 48.0 Å². The molecule has 5 aromatic rings. The van der Waals surface area contributed by atoms with Crippen LogP contribution in [0.1, 0.15) is 33.6 Å². The number of imidazole rings is 1. The van der Waals surface area contributed by atoms with Gasteiger partial charge in [-0.25, -0.2) is 4.98 Å². The van der Waals surface area contributed by atoms with Crippen molar-refractivity contribution in [1.82, 2.24) is 14.5 Å². The smallest absolute Gasteiger partial charge is 0.149 e. The number of fused-ring (bicyclic) bond motifs is 2. The maximum absolute atomic E-state index is 9.93. The van der Waals surface area contributed by atoms with Crippen LogP contribution in [0.25, 0.3) is 33.6 Å². The van der Waals surface area contributed by atoms with Crippen molar-refractivity contribution in [2.24, 2.45) is 0 Å². The van der Waals surface area contributed by atoms with E-state index in [1.165, 1.54) is 22.3 Å². The molecule has 0 saturated carbocycles. The largest absolute Gasteiger partial charge is 0.342 e. The highest BCUT2D eigenvalue weighted by molar-refractivity contribution is 5.98. The quantitative estimate of drug-likeness (QED) is 0.338. The molecule has 0 aliphatic rings. The first-order valence-electron chi connectivity index (χ1n) is 10.7. The molecule has 0 spiro atoms. The van der Waals surface area contributed by atoms with Gasteiger partial charge in [-0.05, 0) is 61.7 Å². The highest BCUT2D eigenvalue weighted by Gasteiger charge is 2.12. The summed E-state index contributed by atoms with van der Waals surface area (Å²) in [6.07, 6.45) is 4.06. The van der Waals surface area contributed by atoms with Crippen LogP contribution in [0, 0.1) is 32.1 Å². The summed E-state index contributed by atoms with van der Waals surface area (Å²) >= 11 is 0. The molecule has 0 unspecified atom stereocenters. The standard InChI is InChI=1S/C28H24N4/c1-18-7-6-8-21(11-18)16-32-17-23(24-9-4-5-10-27(24)32)14-22(15-29)28-30-25-12-19(2)20(3)13-26(25)31-28/h4-14,17H,16H2,1-3H3,(H,30,31)/b22-14-. The number of H-pyrrole nitrogens is 1. The normalized spacial score (nSPS) is 11.9. The summed E-state index contributed by atoms with van der Waals surface area (Å²) in [7, 11) is 0. The van der Waals surface area contributed by atoms with Crippen LogP contribution < -0.4 is 0 Å². The highest BCUT2D eigenvalue weighted by Crippen LogP contribution is 2.27. The maximum atomic E-state index is 9.93. The first kappa shape index (κ1) is 19.8. The Morgan fingerprint density at radius 1 is 1.03 bits per heavy atom. The Kier molecular flexibility index (Phi) is 4.88. The molecule has 32 heavy (non-hydrogen) atoms. The molecule has 0 aliphatic heterocycles. The number of nitriles is 1. The van der Waals surface area contributed by atoms with Crippen molar-refractivity contribution in [1.29, 1.82) is 5.26 Å². The molecule has 1 N–H and O–H groups in total. The van der Waals surface area contributed by atoms with E-state index in [1.807, 2.05) is 12.1 Å². The number of para-hydroxylation sites is 1. The summed E-state index contributed by atoms with van der Waals surface area (Å²) in [6.45, 7) is 7.05. The Balaban J connectivity index is 1.60. The molecule has 4 heteroatoms. The molecule has 0 saturated heterocycles. The minimum atomic E-state index is 0.523. The molecule has 0 bridgehead atoms. The molecular formula is C28H24N4. The van der Waals surface area contributed by atoms with Gasteiger partial charge in [0.05, 0.1) is 16.6 Å². The third-order valence-corrected chi connectivity index (χ3v) is 6.03. The zero-order valence-electron chi connectivity index (χ0n) is 18.5. The number of aromatic amines is 1. The zero-order chi connectivity index (χ0) is 22.2. The molecular weight excluding hydrogens is 392 g/mol. The van der Waals surface area contributed by atoms with Crippen LogP contribution in [0.2, 0.25) is 0 Å². The molecule has 2 aromatic heterocycles. The molecule has 3 aromatic carbocycles. The van der Waals surface area contributed by atoms with E-state index < -0.39 is 0 Å². The second kappa shape index (κ2) is 7.86. The van der Waals surface area contributed by atoms with Gasteiger partial charge in [-0.2, -0.15) is 5.26 Å². The van der Waals surface area contributed by atoms with E-state index in [0.717, 1.165) is 34.0 Å². The van der Waals surface area contributed by atoms with Crippen LogP contribution in [-0.4, -0.2) is 14.5 Å². The van der Waals surface area contributed by atoms with Gasteiger partial charge in [0.25, 0.3) is 0 Å². The van der Waals surface area contributed by atoms with Gasteiger partial charge in [-0.15, -0.1) is 0 Å². The van der Waals surface area contributed by atoms with Crippen LogP contribution >= 0.6 is 0 Å². The molecule has 0 radical (unpaired) electrons. The van der Waals surface area contributed by atoms with Crippen molar-refractivity contribution in [3.05, 3.63) is 101 Å². The molecule has 156 valence electrons. The topological polar surface area (TPSA) is 57.4 Å². The minimum absolute atomic E-state index is 0.523. The lowest BCUT2D eigenvalue weighted by Gasteiger charge is -2.06. The van der Waals surface area contributed by atoms with Crippen LogP contribution in [-0.2, 0) is 6.54 Å². The van der Waals surface area contributed by atoms with Gasteiger partial charge in [-0.3, -0.25) is 0 Å². The van der Waals surface area contributed by atoms with E-state index in [0.29, 0.717) is 11.4 Å². The van der Waals surface area contributed by atoms with Gasteiger partial charge in [0.2, 0.25) is 0 Å². The SMILES string of the molecule is Cc1cccc(Cn2cc(/C=C(/C#N)c3nc4cc(C)c(C)cc4[nH]3)c3ccccc32)c1. The number of hydrogen-bond acceptors (Lipinski definition) is 2. The predicted molar refractivity (Wildman–Crippen MR) is 131 cm³/mol. The summed E-state index contributed by atoms with van der Waals surface area (Å²) in [6, 6.07) is 23.4. The van der Waals surface area contributed by atoms with Gasteiger partial charge in [0.15, 0.2) is 0 Å². The summed E-state index contributed by atoms with van der Waals surface area (Å²) < 4.78 is 2.25. The third kappa shape index (κ3) is 3.59. The van der Waals surface area contributed by atoms with Crippen molar-refractivity contribution in [2.45, 2.75) is 27.3 Å². The Hall–Kier alpha value is -4.10. The summed E-state index contributed by atoms with van der Waals surface area (Å²) in [5.74, 6) is 0.600. The van der Waals surface area contributed by atoms with Crippen molar-refractivity contribution in [3.8, 4) is 6.07 Å². The van der Waals surface area contributed by atoms with E-state index in [1.54, 1.807) is 0 Å². The van der Waals surface area contributed by atoms with Crippen LogP contribution in [0.4, 0.5) is 0 Å². The van der Waals surface area contributed by atoms with E-state index in [-0.39, 0.29) is 0 Å². The van der Waals surface area contributed by atoms with Gasteiger partial charge in [0.1, 0.15) is 11.9 Å². The molecule has 0 amide bonds. The Morgan fingerprint density at radius 3 is 2.66 bits per heavy atom.